The van der Waals surface area contributed by atoms with Gasteiger partial charge in [-0.3, -0.25) is 0 Å². The summed E-state index contributed by atoms with van der Waals surface area (Å²) in [4.78, 5) is 12.6. The smallest absolute Gasteiger partial charge is 0.121 e. The number of benzene rings is 2. The van der Waals surface area contributed by atoms with Gasteiger partial charge in [-0.25, -0.2) is 4.31 Å². The van der Waals surface area contributed by atoms with Crippen LogP contribution in [0.3, 0.4) is 0 Å². The molecule has 0 aliphatic rings. The van der Waals surface area contributed by atoms with Gasteiger partial charge in [-0.05, 0) is 42.0 Å². The summed E-state index contributed by atoms with van der Waals surface area (Å²) in [5.41, 5.74) is 7.44. The van der Waals surface area contributed by atoms with Gasteiger partial charge in [0.05, 0.1) is 0 Å². The van der Waals surface area contributed by atoms with Crippen molar-refractivity contribution in [3.05, 3.63) is 71.1 Å². The summed E-state index contributed by atoms with van der Waals surface area (Å²) in [5.74, 6) is 0.494. The molecule has 0 saturated carbocycles. The molecule has 0 amide bonds. The summed E-state index contributed by atoms with van der Waals surface area (Å²) in [5, 5.41) is 3.34. The van der Waals surface area contributed by atoms with Crippen molar-refractivity contribution in [2.45, 2.75) is 37.2 Å². The molecule has 5 heteroatoms. The van der Waals surface area contributed by atoms with Gasteiger partial charge in [-0.1, -0.05) is 67.6 Å². The van der Waals surface area contributed by atoms with Crippen LogP contribution in [0, 0.1) is 10.8 Å². The minimum Gasteiger partial charge on any atom is -0.325 e. The summed E-state index contributed by atoms with van der Waals surface area (Å²) in [6, 6.07) is 19.5. The number of nitrogens with two attached hydrogens (primary N) is 1. The SMILES string of the molecule is CC(C)CN(C[C@@H](N=O)[C@@H](N)Cc1ccccc1)Sc1ccccc1. The quantitative estimate of drug-likeness (QED) is 0.507. The van der Waals surface area contributed by atoms with Gasteiger partial charge in [0.15, 0.2) is 0 Å². The lowest BCUT2D eigenvalue weighted by Gasteiger charge is -2.27. The van der Waals surface area contributed by atoms with Gasteiger partial charge >= 0.3 is 0 Å². The highest BCUT2D eigenvalue weighted by molar-refractivity contribution is 7.97. The van der Waals surface area contributed by atoms with Gasteiger partial charge in [0.1, 0.15) is 6.04 Å². The molecule has 2 atom stereocenters. The number of hydrogen-bond donors (Lipinski definition) is 1. The Hall–Kier alpha value is -1.69. The molecule has 4 nitrogen and oxygen atoms in total. The van der Waals surface area contributed by atoms with Crippen LogP contribution in [0.5, 0.6) is 0 Å². The first kappa shape index (κ1) is 19.6. The Morgan fingerprint density at radius 3 is 2.16 bits per heavy atom. The van der Waals surface area contributed by atoms with Crippen molar-refractivity contribution in [3.8, 4) is 0 Å². The minimum atomic E-state index is -0.435. The maximum absolute atomic E-state index is 11.4. The molecule has 25 heavy (non-hydrogen) atoms. The molecule has 134 valence electrons. The predicted octanol–water partition coefficient (Wildman–Crippen LogP) is 4.36. The molecule has 2 aromatic rings. The minimum absolute atomic E-state index is 0.286. The summed E-state index contributed by atoms with van der Waals surface area (Å²) < 4.78 is 2.21. The Kier molecular flexibility index (Phi) is 8.12. The van der Waals surface area contributed by atoms with Gasteiger partial charge in [0, 0.05) is 24.0 Å². The van der Waals surface area contributed by atoms with Crippen molar-refractivity contribution in [1.29, 1.82) is 0 Å². The first-order valence-electron chi connectivity index (χ1n) is 8.68. The van der Waals surface area contributed by atoms with Crippen LogP contribution in [0.4, 0.5) is 0 Å². The fourth-order valence-electron chi connectivity index (χ4n) is 2.66. The summed E-state index contributed by atoms with van der Waals surface area (Å²) >= 11 is 1.66. The van der Waals surface area contributed by atoms with Crippen molar-refractivity contribution in [1.82, 2.24) is 4.31 Å². The third kappa shape index (κ3) is 6.98. The number of nitroso groups, excluding NO2 is 1. The summed E-state index contributed by atoms with van der Waals surface area (Å²) in [6.07, 6.45) is 0.656. The lowest BCUT2D eigenvalue weighted by atomic mass is 10.0. The first-order chi connectivity index (χ1) is 12.1. The fraction of sp³-hybridized carbons (Fsp3) is 0.400. The van der Waals surface area contributed by atoms with Crippen LogP contribution in [0.15, 0.2) is 70.7 Å². The zero-order valence-corrected chi connectivity index (χ0v) is 15.7. The van der Waals surface area contributed by atoms with E-state index in [4.69, 9.17) is 5.73 Å². The van der Waals surface area contributed by atoms with Crippen molar-refractivity contribution in [2.75, 3.05) is 13.1 Å². The van der Waals surface area contributed by atoms with Crippen LogP contribution in [0.25, 0.3) is 0 Å². The average Bonchev–Trinajstić information content (AvgIpc) is 2.60. The van der Waals surface area contributed by atoms with Crippen LogP contribution in [-0.4, -0.2) is 29.5 Å². The van der Waals surface area contributed by atoms with E-state index in [1.165, 1.54) is 0 Å². The fourth-order valence-corrected chi connectivity index (χ4v) is 3.84. The molecule has 0 heterocycles. The van der Waals surface area contributed by atoms with Crippen molar-refractivity contribution in [2.24, 2.45) is 16.8 Å². The third-order valence-electron chi connectivity index (χ3n) is 3.88. The Balaban J connectivity index is 2.01. The molecule has 0 aromatic heterocycles. The molecule has 0 unspecified atom stereocenters. The molecule has 0 bridgehead atoms. The van der Waals surface area contributed by atoms with Crippen LogP contribution in [0.1, 0.15) is 19.4 Å². The number of rotatable bonds is 10. The highest BCUT2D eigenvalue weighted by Crippen LogP contribution is 2.24. The lowest BCUT2D eigenvalue weighted by molar-refractivity contribution is 0.355. The van der Waals surface area contributed by atoms with E-state index in [-0.39, 0.29) is 6.04 Å². The van der Waals surface area contributed by atoms with Crippen LogP contribution in [0.2, 0.25) is 0 Å². The Morgan fingerprint density at radius 2 is 1.60 bits per heavy atom. The van der Waals surface area contributed by atoms with Gasteiger partial charge in [-0.15, -0.1) is 0 Å². The standard InChI is InChI=1S/C20H27N3OS/c1-16(2)14-23(25-18-11-7-4-8-12-18)15-20(22-24)19(21)13-17-9-5-3-6-10-17/h3-12,16,19-20H,13-15,21H2,1-2H3/t19-,20+/m0/s1. The molecule has 0 radical (unpaired) electrons. The lowest BCUT2D eigenvalue weighted by Crippen LogP contribution is -2.42. The van der Waals surface area contributed by atoms with E-state index in [2.05, 4.69) is 35.5 Å². The molecule has 0 fully saturated rings. The van der Waals surface area contributed by atoms with Gasteiger partial charge < -0.3 is 5.73 Å². The van der Waals surface area contributed by atoms with Gasteiger partial charge in [0.25, 0.3) is 0 Å². The highest BCUT2D eigenvalue weighted by Gasteiger charge is 2.23. The normalized spacial score (nSPS) is 13.8. The monoisotopic (exact) mass is 357 g/mol. The molecule has 2 aromatic carbocycles. The molecule has 2 N–H and O–H groups in total. The third-order valence-corrected chi connectivity index (χ3v) is 4.92. The van der Waals surface area contributed by atoms with E-state index in [0.717, 1.165) is 17.0 Å². The van der Waals surface area contributed by atoms with Crippen molar-refractivity contribution >= 4 is 11.9 Å². The van der Waals surface area contributed by atoms with E-state index in [9.17, 15) is 4.91 Å². The molecule has 0 aliphatic heterocycles. The highest BCUT2D eigenvalue weighted by atomic mass is 32.2. The molecule has 2 rings (SSSR count). The van der Waals surface area contributed by atoms with Crippen LogP contribution >= 0.6 is 11.9 Å². The molecule has 0 aliphatic carbocycles. The zero-order chi connectivity index (χ0) is 18.1. The van der Waals surface area contributed by atoms with Gasteiger partial charge in [0.2, 0.25) is 0 Å². The van der Waals surface area contributed by atoms with E-state index < -0.39 is 6.04 Å². The van der Waals surface area contributed by atoms with Crippen LogP contribution in [-0.2, 0) is 6.42 Å². The number of nitrogens with zero attached hydrogens (tertiary/aromatic N) is 2. The second kappa shape index (κ2) is 10.3. The largest absolute Gasteiger partial charge is 0.325 e. The Bertz CT molecular complexity index is 621. The van der Waals surface area contributed by atoms with Crippen molar-refractivity contribution < 1.29 is 0 Å². The van der Waals surface area contributed by atoms with Crippen molar-refractivity contribution in [3.63, 3.8) is 0 Å². The Labute approximate surface area is 154 Å². The molecular weight excluding hydrogens is 330 g/mol. The van der Waals surface area contributed by atoms with E-state index >= 15 is 0 Å². The molecular formula is C20H27N3OS. The predicted molar refractivity (Wildman–Crippen MR) is 106 cm³/mol. The molecule has 0 spiro atoms. The molecule has 0 saturated heterocycles. The maximum Gasteiger partial charge on any atom is 0.121 e. The number of hydrogen-bond acceptors (Lipinski definition) is 5. The summed E-state index contributed by atoms with van der Waals surface area (Å²) in [6.45, 7) is 5.77. The summed E-state index contributed by atoms with van der Waals surface area (Å²) in [7, 11) is 0. The van der Waals surface area contributed by atoms with Crippen LogP contribution < -0.4 is 5.73 Å². The Morgan fingerprint density at radius 1 is 1.00 bits per heavy atom. The average molecular weight is 358 g/mol. The maximum atomic E-state index is 11.4. The second-order valence-corrected chi connectivity index (χ2v) is 7.84. The van der Waals surface area contributed by atoms with Gasteiger partial charge in [-0.2, -0.15) is 4.91 Å². The zero-order valence-electron chi connectivity index (χ0n) is 14.9. The second-order valence-electron chi connectivity index (χ2n) is 6.67. The van der Waals surface area contributed by atoms with E-state index in [0.29, 0.717) is 18.9 Å². The topological polar surface area (TPSA) is 58.7 Å². The van der Waals surface area contributed by atoms with E-state index in [1.807, 2.05) is 48.5 Å². The van der Waals surface area contributed by atoms with E-state index in [1.54, 1.807) is 11.9 Å². The first-order valence-corrected chi connectivity index (χ1v) is 9.45.